The highest BCUT2D eigenvalue weighted by Gasteiger charge is 2.23. The topological polar surface area (TPSA) is 83.9 Å². The molecule has 5 rings (SSSR count). The van der Waals surface area contributed by atoms with E-state index in [1.807, 2.05) is 4.90 Å². The van der Waals surface area contributed by atoms with E-state index < -0.39 is 0 Å². The molecule has 1 aliphatic rings. The van der Waals surface area contributed by atoms with E-state index in [2.05, 4.69) is 5.32 Å². The number of nitrogens with zero attached hydrogens (tertiary/aromatic N) is 3. The number of fused-ring (bicyclic) bond motifs is 1. The maximum absolute atomic E-state index is 14.1. The van der Waals surface area contributed by atoms with Gasteiger partial charge in [-0.2, -0.15) is 0 Å². The van der Waals surface area contributed by atoms with Crippen LogP contribution in [0.2, 0.25) is 0 Å². The van der Waals surface area contributed by atoms with E-state index in [9.17, 15) is 18.8 Å². The number of carbonyl (C=O) groups is 2. The van der Waals surface area contributed by atoms with Crippen LogP contribution in [-0.2, 0) is 4.79 Å². The number of aromatic nitrogens is 1. The lowest BCUT2D eigenvalue weighted by atomic mass is 10.1. The number of hydrogen-bond donors (Lipinski definition) is 1. The highest BCUT2D eigenvalue weighted by Crippen LogP contribution is 2.22. The molecule has 200 valence electrons. The Kier molecular flexibility index (Phi) is 7.58. The summed E-state index contributed by atoms with van der Waals surface area (Å²) in [6.45, 7) is 2.19. The number of para-hydroxylation sites is 1. The molecule has 0 radical (unpaired) electrons. The van der Waals surface area contributed by atoms with E-state index in [-0.39, 0.29) is 36.2 Å². The summed E-state index contributed by atoms with van der Waals surface area (Å²) in [6.07, 6.45) is 1.66. The van der Waals surface area contributed by atoms with Gasteiger partial charge >= 0.3 is 0 Å². The zero-order chi connectivity index (χ0) is 27.4. The van der Waals surface area contributed by atoms with Gasteiger partial charge in [0.25, 0.3) is 11.5 Å². The van der Waals surface area contributed by atoms with E-state index in [4.69, 9.17) is 4.74 Å². The van der Waals surface area contributed by atoms with Crippen LogP contribution in [0.15, 0.2) is 83.8 Å². The Morgan fingerprint density at radius 3 is 2.38 bits per heavy atom. The second-order valence-electron chi connectivity index (χ2n) is 9.29. The molecule has 39 heavy (non-hydrogen) atoms. The number of benzene rings is 3. The van der Waals surface area contributed by atoms with Crippen molar-refractivity contribution in [3.05, 3.63) is 101 Å². The standard InChI is InChI=1S/C30H29FN4O4/c1-39-22-8-6-7-21(19-22)35-20-25(23-9-2-3-10-24(23)30(35)38)29(37)32-14-13-28(36)34-17-15-33(16-18-34)27-12-5-4-11-26(27)31/h2-12,19-20H,13-18H2,1H3,(H,32,37). The van der Waals surface area contributed by atoms with E-state index >= 15 is 0 Å². The molecule has 0 atom stereocenters. The Morgan fingerprint density at radius 1 is 0.923 bits per heavy atom. The summed E-state index contributed by atoms with van der Waals surface area (Å²) in [6, 6.07) is 20.6. The van der Waals surface area contributed by atoms with Gasteiger partial charge in [0.15, 0.2) is 0 Å². The van der Waals surface area contributed by atoms with E-state index in [0.717, 1.165) is 0 Å². The molecule has 3 aromatic carbocycles. The number of amides is 2. The molecule has 0 spiro atoms. The molecule has 1 aromatic heterocycles. The van der Waals surface area contributed by atoms with Crippen LogP contribution in [0.5, 0.6) is 5.75 Å². The molecule has 8 nitrogen and oxygen atoms in total. The van der Waals surface area contributed by atoms with Crippen LogP contribution in [-0.4, -0.2) is 61.1 Å². The minimum Gasteiger partial charge on any atom is -0.497 e. The van der Waals surface area contributed by atoms with Crippen molar-refractivity contribution < 1.29 is 18.7 Å². The fourth-order valence-corrected chi connectivity index (χ4v) is 4.87. The van der Waals surface area contributed by atoms with Crippen molar-refractivity contribution in [3.8, 4) is 11.4 Å². The van der Waals surface area contributed by atoms with Crippen LogP contribution >= 0.6 is 0 Å². The predicted molar refractivity (Wildman–Crippen MR) is 148 cm³/mol. The zero-order valence-corrected chi connectivity index (χ0v) is 21.6. The first-order chi connectivity index (χ1) is 19.0. The Morgan fingerprint density at radius 2 is 1.64 bits per heavy atom. The van der Waals surface area contributed by atoms with Crippen LogP contribution in [0, 0.1) is 5.82 Å². The Bertz CT molecular complexity index is 1580. The van der Waals surface area contributed by atoms with Gasteiger partial charge in [-0.15, -0.1) is 0 Å². The Labute approximate surface area is 225 Å². The van der Waals surface area contributed by atoms with Crippen molar-refractivity contribution in [2.75, 3.05) is 44.7 Å². The summed E-state index contributed by atoms with van der Waals surface area (Å²) in [5, 5.41) is 3.79. The number of carbonyl (C=O) groups excluding carboxylic acids is 2. The van der Waals surface area contributed by atoms with Crippen molar-refractivity contribution in [1.82, 2.24) is 14.8 Å². The lowest BCUT2D eigenvalue weighted by Gasteiger charge is -2.36. The number of halogens is 1. The molecule has 0 unspecified atom stereocenters. The molecule has 0 bridgehead atoms. The molecule has 4 aromatic rings. The molecule has 1 N–H and O–H groups in total. The fourth-order valence-electron chi connectivity index (χ4n) is 4.87. The highest BCUT2D eigenvalue weighted by molar-refractivity contribution is 6.06. The summed E-state index contributed by atoms with van der Waals surface area (Å²) in [5.74, 6) is -0.133. The first-order valence-corrected chi connectivity index (χ1v) is 12.8. The molecular weight excluding hydrogens is 499 g/mol. The minimum atomic E-state index is -0.375. The van der Waals surface area contributed by atoms with Gasteiger partial charge in [0.05, 0.1) is 24.0 Å². The third-order valence-electron chi connectivity index (χ3n) is 6.95. The van der Waals surface area contributed by atoms with Crippen LogP contribution in [0.1, 0.15) is 16.8 Å². The molecule has 0 saturated carbocycles. The number of nitrogens with one attached hydrogen (secondary N) is 1. The summed E-state index contributed by atoms with van der Waals surface area (Å²) < 4.78 is 20.8. The van der Waals surface area contributed by atoms with Gasteiger partial charge in [-0.1, -0.05) is 36.4 Å². The number of ether oxygens (including phenoxy) is 1. The van der Waals surface area contributed by atoms with Gasteiger partial charge in [0.2, 0.25) is 5.91 Å². The van der Waals surface area contributed by atoms with E-state index in [1.165, 1.54) is 16.8 Å². The number of rotatable bonds is 7. The number of piperazine rings is 1. The number of hydrogen-bond acceptors (Lipinski definition) is 5. The summed E-state index contributed by atoms with van der Waals surface area (Å²) in [7, 11) is 1.55. The molecule has 2 amide bonds. The van der Waals surface area contributed by atoms with E-state index in [1.54, 1.807) is 78.7 Å². The Balaban J connectivity index is 1.26. The molecule has 1 aliphatic heterocycles. The van der Waals surface area contributed by atoms with Gasteiger partial charge in [-0.05, 0) is 30.3 Å². The lowest BCUT2D eigenvalue weighted by Crippen LogP contribution is -2.49. The maximum Gasteiger partial charge on any atom is 0.262 e. The maximum atomic E-state index is 14.1. The van der Waals surface area contributed by atoms with E-state index in [0.29, 0.717) is 59.6 Å². The zero-order valence-electron chi connectivity index (χ0n) is 21.6. The van der Waals surface area contributed by atoms with Gasteiger partial charge < -0.3 is 19.9 Å². The van der Waals surface area contributed by atoms with Crippen molar-refractivity contribution in [2.24, 2.45) is 0 Å². The summed E-state index contributed by atoms with van der Waals surface area (Å²) in [5.41, 5.74) is 1.20. The predicted octanol–water partition coefficient (Wildman–Crippen LogP) is 3.61. The third kappa shape index (κ3) is 5.47. The number of methoxy groups -OCH3 is 1. The second kappa shape index (κ2) is 11.4. The lowest BCUT2D eigenvalue weighted by molar-refractivity contribution is -0.131. The van der Waals surface area contributed by atoms with Gasteiger partial charge in [0.1, 0.15) is 11.6 Å². The molecular formula is C30H29FN4O4. The average molecular weight is 529 g/mol. The molecule has 9 heteroatoms. The van der Waals surface area contributed by atoms with Crippen LogP contribution in [0.4, 0.5) is 10.1 Å². The first-order valence-electron chi connectivity index (χ1n) is 12.8. The van der Waals surface area contributed by atoms with Crippen molar-refractivity contribution in [1.29, 1.82) is 0 Å². The smallest absolute Gasteiger partial charge is 0.262 e. The van der Waals surface area contributed by atoms with Crippen LogP contribution < -0.4 is 20.5 Å². The van der Waals surface area contributed by atoms with Gasteiger partial charge in [-0.25, -0.2) is 4.39 Å². The summed E-state index contributed by atoms with van der Waals surface area (Å²) in [4.78, 5) is 43.0. The first kappa shape index (κ1) is 26.0. The SMILES string of the molecule is COc1cccc(-n2cc(C(=O)NCCC(=O)N3CCN(c4ccccc4F)CC3)c3ccccc3c2=O)c1. The van der Waals surface area contributed by atoms with Crippen molar-refractivity contribution in [2.45, 2.75) is 6.42 Å². The molecule has 1 saturated heterocycles. The third-order valence-corrected chi connectivity index (χ3v) is 6.95. The molecule has 0 aliphatic carbocycles. The van der Waals surface area contributed by atoms with Gasteiger partial charge in [0, 0.05) is 62.2 Å². The van der Waals surface area contributed by atoms with Crippen LogP contribution in [0.25, 0.3) is 16.5 Å². The largest absolute Gasteiger partial charge is 0.497 e. The molecule has 2 heterocycles. The van der Waals surface area contributed by atoms with Crippen molar-refractivity contribution in [3.63, 3.8) is 0 Å². The minimum absolute atomic E-state index is 0.0744. The highest BCUT2D eigenvalue weighted by atomic mass is 19.1. The van der Waals surface area contributed by atoms with Crippen molar-refractivity contribution >= 4 is 28.3 Å². The van der Waals surface area contributed by atoms with Gasteiger partial charge in [-0.3, -0.25) is 19.0 Å². The van der Waals surface area contributed by atoms with Crippen LogP contribution in [0.3, 0.4) is 0 Å². The second-order valence-corrected chi connectivity index (χ2v) is 9.29. The average Bonchev–Trinajstić information content (AvgIpc) is 2.97. The normalized spacial score (nSPS) is 13.4. The fraction of sp³-hybridized carbons (Fsp3) is 0.233. The molecule has 1 fully saturated rings. The monoisotopic (exact) mass is 528 g/mol. The summed E-state index contributed by atoms with van der Waals surface area (Å²) >= 11 is 0. The number of pyridine rings is 1. The quantitative estimate of drug-likeness (QED) is 0.396. The Hall–Kier alpha value is -4.66. The number of anilines is 1.